The summed E-state index contributed by atoms with van der Waals surface area (Å²) in [4.78, 5) is 32.8. The Morgan fingerprint density at radius 3 is 2.43 bits per heavy atom. The summed E-state index contributed by atoms with van der Waals surface area (Å²) in [6.45, 7) is 2.22. The number of para-hydroxylation sites is 1. The largest absolute Gasteiger partial charge is 0.462 e. The number of benzene rings is 2. The fourth-order valence-corrected chi connectivity index (χ4v) is 3.86. The number of amides is 1. The molecular weight excluding hydrogens is 444 g/mol. The van der Waals surface area contributed by atoms with Gasteiger partial charge in [-0.05, 0) is 30.7 Å². The number of hydrogen-bond donors (Lipinski definition) is 0. The Morgan fingerprint density at radius 1 is 0.943 bits per heavy atom. The van der Waals surface area contributed by atoms with E-state index in [1.807, 2.05) is 60.7 Å². The minimum Gasteiger partial charge on any atom is -0.462 e. The zero-order chi connectivity index (χ0) is 24.2. The maximum absolute atomic E-state index is 14.2. The lowest BCUT2D eigenvalue weighted by molar-refractivity contribution is 0.0523. The Morgan fingerprint density at radius 2 is 1.69 bits per heavy atom. The molecule has 0 aliphatic carbocycles. The van der Waals surface area contributed by atoms with Crippen LogP contribution < -0.4 is 4.90 Å². The van der Waals surface area contributed by atoms with Gasteiger partial charge in [-0.15, -0.1) is 0 Å². The number of nitrogens with zero attached hydrogens (tertiary/aromatic N) is 6. The van der Waals surface area contributed by atoms with Crippen molar-refractivity contribution in [2.75, 3.05) is 11.5 Å². The van der Waals surface area contributed by atoms with Gasteiger partial charge in [0.1, 0.15) is 17.6 Å². The lowest BCUT2D eigenvalue weighted by Gasteiger charge is -2.24. The second kappa shape index (κ2) is 9.60. The Hall–Kier alpha value is -4.79. The van der Waals surface area contributed by atoms with E-state index in [1.165, 1.54) is 22.1 Å². The number of ether oxygens (including phenoxy) is 1. The summed E-state index contributed by atoms with van der Waals surface area (Å²) < 4.78 is 8.39. The van der Waals surface area contributed by atoms with E-state index in [-0.39, 0.29) is 17.9 Å². The zero-order valence-corrected chi connectivity index (χ0v) is 19.0. The Labute approximate surface area is 201 Å². The molecule has 0 saturated heterocycles. The summed E-state index contributed by atoms with van der Waals surface area (Å²) in [6, 6.07) is 22.4. The van der Waals surface area contributed by atoms with Gasteiger partial charge in [0.15, 0.2) is 5.65 Å². The molecule has 5 rings (SSSR count). The molecule has 1 amide bonds. The Kier molecular flexibility index (Phi) is 6.04. The second-order valence-corrected chi connectivity index (χ2v) is 7.69. The topological polar surface area (TPSA) is 94.6 Å². The fourth-order valence-electron chi connectivity index (χ4n) is 3.86. The van der Waals surface area contributed by atoms with E-state index in [9.17, 15) is 9.59 Å². The third-order valence-electron chi connectivity index (χ3n) is 5.45. The number of aromatic nitrogens is 5. The maximum atomic E-state index is 14.2. The number of anilines is 2. The van der Waals surface area contributed by atoms with Gasteiger partial charge in [0.2, 0.25) is 0 Å². The van der Waals surface area contributed by atoms with E-state index in [1.54, 1.807) is 29.8 Å². The normalized spacial score (nSPS) is 10.9. The molecule has 0 spiro atoms. The van der Waals surface area contributed by atoms with E-state index in [0.29, 0.717) is 23.6 Å². The van der Waals surface area contributed by atoms with Crippen molar-refractivity contribution in [2.24, 2.45) is 0 Å². The van der Waals surface area contributed by atoms with Crippen molar-refractivity contribution < 1.29 is 14.3 Å². The summed E-state index contributed by atoms with van der Waals surface area (Å²) in [6.07, 6.45) is 4.56. The summed E-state index contributed by atoms with van der Waals surface area (Å²) >= 11 is 0. The lowest BCUT2D eigenvalue weighted by atomic mass is 10.1. The van der Waals surface area contributed by atoms with E-state index < -0.39 is 11.9 Å². The van der Waals surface area contributed by atoms with Crippen molar-refractivity contribution in [3.63, 3.8) is 0 Å². The molecule has 0 aliphatic heterocycles. The van der Waals surface area contributed by atoms with Crippen molar-refractivity contribution in [1.29, 1.82) is 0 Å². The fraction of sp³-hybridized carbons (Fsp3) is 0.115. The van der Waals surface area contributed by atoms with Gasteiger partial charge in [-0.3, -0.25) is 14.4 Å². The van der Waals surface area contributed by atoms with Gasteiger partial charge in [0.25, 0.3) is 5.91 Å². The summed E-state index contributed by atoms with van der Waals surface area (Å²) in [5, 5.41) is 8.52. The SMILES string of the molecule is CCOC(=O)c1cnn(Cc2ccccc2)c1C(=O)N(c1ccccc1)c1ccn2ncnc2c1. The van der Waals surface area contributed by atoms with E-state index in [0.717, 1.165) is 5.56 Å². The van der Waals surface area contributed by atoms with Crippen LogP contribution in [-0.2, 0) is 11.3 Å². The number of carbonyl (C=O) groups is 2. The predicted octanol–water partition coefficient (Wildman–Crippen LogP) is 4.13. The van der Waals surface area contributed by atoms with Crippen LogP contribution in [-0.4, -0.2) is 42.9 Å². The standard InChI is InChI=1S/C26H22N6O3/c1-2-35-26(34)22-16-28-31(17-19-9-5-3-6-10-19)24(22)25(33)32(20-11-7-4-8-12-20)21-13-14-30-23(15-21)27-18-29-30/h3-16,18H,2,17H2,1H3. The molecule has 5 aromatic rings. The maximum Gasteiger partial charge on any atom is 0.342 e. The first-order chi connectivity index (χ1) is 17.2. The molecule has 0 bridgehead atoms. The van der Waals surface area contributed by atoms with Crippen LogP contribution in [0.1, 0.15) is 33.3 Å². The highest BCUT2D eigenvalue weighted by Gasteiger charge is 2.30. The molecule has 174 valence electrons. The summed E-state index contributed by atoms with van der Waals surface area (Å²) in [5.41, 5.74) is 2.97. The van der Waals surface area contributed by atoms with Crippen LogP contribution in [0.25, 0.3) is 5.65 Å². The van der Waals surface area contributed by atoms with Gasteiger partial charge in [0, 0.05) is 18.0 Å². The van der Waals surface area contributed by atoms with Gasteiger partial charge in [-0.1, -0.05) is 48.5 Å². The van der Waals surface area contributed by atoms with E-state index in [2.05, 4.69) is 15.2 Å². The third kappa shape index (κ3) is 4.39. The molecule has 0 aliphatic rings. The predicted molar refractivity (Wildman–Crippen MR) is 130 cm³/mol. The number of esters is 1. The van der Waals surface area contributed by atoms with Crippen molar-refractivity contribution in [3.05, 3.63) is 108 Å². The van der Waals surface area contributed by atoms with Gasteiger partial charge in [0.05, 0.1) is 25.0 Å². The molecule has 35 heavy (non-hydrogen) atoms. The van der Waals surface area contributed by atoms with Gasteiger partial charge < -0.3 is 4.74 Å². The van der Waals surface area contributed by atoms with Crippen LogP contribution in [0.3, 0.4) is 0 Å². The molecule has 9 heteroatoms. The van der Waals surface area contributed by atoms with Crippen LogP contribution in [0.2, 0.25) is 0 Å². The first-order valence-electron chi connectivity index (χ1n) is 11.1. The number of hydrogen-bond acceptors (Lipinski definition) is 6. The summed E-state index contributed by atoms with van der Waals surface area (Å²) in [5.74, 6) is -1.02. The summed E-state index contributed by atoms with van der Waals surface area (Å²) in [7, 11) is 0. The van der Waals surface area contributed by atoms with E-state index >= 15 is 0 Å². The van der Waals surface area contributed by atoms with Crippen LogP contribution in [0.4, 0.5) is 11.4 Å². The number of carbonyl (C=O) groups excluding carboxylic acids is 2. The van der Waals surface area contributed by atoms with Crippen molar-refractivity contribution >= 4 is 28.9 Å². The van der Waals surface area contributed by atoms with Crippen LogP contribution in [0.5, 0.6) is 0 Å². The molecule has 3 heterocycles. The molecular formula is C26H22N6O3. The molecule has 2 aromatic carbocycles. The molecule has 0 atom stereocenters. The Balaban J connectivity index is 1.65. The molecule has 0 saturated carbocycles. The average molecular weight is 467 g/mol. The second-order valence-electron chi connectivity index (χ2n) is 7.69. The Bertz CT molecular complexity index is 1480. The number of pyridine rings is 1. The number of rotatable bonds is 7. The first-order valence-corrected chi connectivity index (χ1v) is 11.1. The third-order valence-corrected chi connectivity index (χ3v) is 5.45. The van der Waals surface area contributed by atoms with Crippen LogP contribution in [0, 0.1) is 0 Å². The number of fused-ring (bicyclic) bond motifs is 1. The lowest BCUT2D eigenvalue weighted by Crippen LogP contribution is -2.30. The quantitative estimate of drug-likeness (QED) is 0.335. The minimum atomic E-state index is -0.601. The van der Waals surface area contributed by atoms with Crippen molar-refractivity contribution in [3.8, 4) is 0 Å². The van der Waals surface area contributed by atoms with E-state index in [4.69, 9.17) is 4.74 Å². The van der Waals surface area contributed by atoms with Crippen LogP contribution in [0.15, 0.2) is 91.5 Å². The highest BCUT2D eigenvalue weighted by atomic mass is 16.5. The van der Waals surface area contributed by atoms with Crippen molar-refractivity contribution in [2.45, 2.75) is 13.5 Å². The molecule has 0 fully saturated rings. The van der Waals surface area contributed by atoms with Gasteiger partial charge in [-0.25, -0.2) is 14.3 Å². The zero-order valence-electron chi connectivity index (χ0n) is 19.0. The van der Waals surface area contributed by atoms with Crippen LogP contribution >= 0.6 is 0 Å². The minimum absolute atomic E-state index is 0.109. The van der Waals surface area contributed by atoms with Gasteiger partial charge >= 0.3 is 5.97 Å². The molecule has 0 radical (unpaired) electrons. The smallest absolute Gasteiger partial charge is 0.342 e. The molecule has 0 unspecified atom stereocenters. The highest BCUT2D eigenvalue weighted by Crippen LogP contribution is 2.29. The van der Waals surface area contributed by atoms with Crippen molar-refractivity contribution in [1.82, 2.24) is 24.4 Å². The first kappa shape index (κ1) is 22.0. The average Bonchev–Trinajstić information content (AvgIpc) is 3.52. The molecule has 9 nitrogen and oxygen atoms in total. The molecule has 3 aromatic heterocycles. The highest BCUT2D eigenvalue weighted by molar-refractivity contribution is 6.14. The monoisotopic (exact) mass is 466 g/mol. The van der Waals surface area contributed by atoms with Gasteiger partial charge in [-0.2, -0.15) is 10.2 Å². The molecule has 0 N–H and O–H groups in total.